The normalized spacial score (nSPS) is 16.9. The summed E-state index contributed by atoms with van der Waals surface area (Å²) in [6.07, 6.45) is 2.99. The molecule has 1 fully saturated rings. The minimum atomic E-state index is -0.701. The van der Waals surface area contributed by atoms with E-state index in [0.29, 0.717) is 26.0 Å². The zero-order valence-corrected chi connectivity index (χ0v) is 18.3. The molecular formula is C26H30FNO3. The van der Waals surface area contributed by atoms with E-state index < -0.39 is 11.4 Å². The summed E-state index contributed by atoms with van der Waals surface area (Å²) in [6.45, 7) is 6.52. The molecule has 2 aliphatic rings. The third kappa shape index (κ3) is 4.11. The molecule has 2 aromatic rings. The Kier molecular flexibility index (Phi) is 6.15. The van der Waals surface area contributed by atoms with Crippen molar-refractivity contribution < 1.29 is 19.0 Å². The molecule has 164 valence electrons. The van der Waals surface area contributed by atoms with E-state index in [-0.39, 0.29) is 5.82 Å². The molecule has 0 saturated carbocycles. The molecule has 0 radical (unpaired) electrons. The van der Waals surface area contributed by atoms with E-state index in [9.17, 15) is 14.3 Å². The highest BCUT2D eigenvalue weighted by Gasteiger charge is 2.37. The van der Waals surface area contributed by atoms with Gasteiger partial charge in [0, 0.05) is 30.8 Å². The molecule has 4 nitrogen and oxygen atoms in total. The first-order valence-corrected chi connectivity index (χ1v) is 11.2. The van der Waals surface area contributed by atoms with Gasteiger partial charge in [-0.3, -0.25) is 4.79 Å². The molecule has 1 saturated heterocycles. The number of ether oxygens (including phenoxy) is 1. The number of hydrogen-bond acceptors (Lipinski definition) is 3. The van der Waals surface area contributed by atoms with Gasteiger partial charge in [-0.05, 0) is 55.0 Å². The van der Waals surface area contributed by atoms with Crippen LogP contribution in [-0.4, -0.2) is 35.6 Å². The van der Waals surface area contributed by atoms with Gasteiger partial charge in [0.2, 0.25) is 0 Å². The first kappa shape index (κ1) is 21.6. The Morgan fingerprint density at radius 1 is 1.10 bits per heavy atom. The molecule has 4 rings (SSSR count). The van der Waals surface area contributed by atoms with Crippen molar-refractivity contribution in [1.29, 1.82) is 0 Å². The minimum Gasteiger partial charge on any atom is -0.488 e. The van der Waals surface area contributed by atoms with Gasteiger partial charge in [-0.15, -0.1) is 0 Å². The number of nitrogens with zero attached hydrogens (tertiary/aromatic N) is 1. The lowest BCUT2D eigenvalue weighted by atomic mass is 9.81. The number of hydrogen-bond donors (Lipinski definition) is 1. The summed E-state index contributed by atoms with van der Waals surface area (Å²) in [5, 5.41) is 9.80. The van der Waals surface area contributed by atoms with Crippen LogP contribution in [-0.2, 0) is 11.4 Å². The summed E-state index contributed by atoms with van der Waals surface area (Å²) in [4.78, 5) is 14.2. The van der Waals surface area contributed by atoms with Gasteiger partial charge in [0.1, 0.15) is 18.2 Å². The van der Waals surface area contributed by atoms with E-state index in [1.54, 1.807) is 6.07 Å². The predicted molar refractivity (Wildman–Crippen MR) is 120 cm³/mol. The van der Waals surface area contributed by atoms with E-state index in [1.165, 1.54) is 11.6 Å². The van der Waals surface area contributed by atoms with Gasteiger partial charge in [0.05, 0.1) is 5.41 Å². The first-order valence-electron chi connectivity index (χ1n) is 11.2. The highest BCUT2D eigenvalue weighted by atomic mass is 19.1. The molecule has 0 unspecified atom stereocenters. The lowest BCUT2D eigenvalue weighted by Crippen LogP contribution is -2.44. The summed E-state index contributed by atoms with van der Waals surface area (Å²) < 4.78 is 20.0. The van der Waals surface area contributed by atoms with Gasteiger partial charge in [0.25, 0.3) is 0 Å². The number of aliphatic carboxylic acids is 1. The maximum absolute atomic E-state index is 13.9. The van der Waals surface area contributed by atoms with Crippen LogP contribution in [0.25, 0.3) is 5.57 Å². The summed E-state index contributed by atoms with van der Waals surface area (Å²) in [6, 6.07) is 13.0. The fourth-order valence-corrected chi connectivity index (χ4v) is 4.91. The van der Waals surface area contributed by atoms with E-state index in [1.807, 2.05) is 38.1 Å². The molecule has 0 bridgehead atoms. The standard InChI is InChI=1S/C26H30FNO3/c1-3-26(4-2,25(29)30)17-28-13-11-18(12-14-28)24-21-10-9-20(27)15-19(21)16-31-23-8-6-5-7-22(23)24/h5-10,15H,3-4,11-14,16-17H2,1-2H3,(H,29,30). The first-order chi connectivity index (χ1) is 15.0. The van der Waals surface area contributed by atoms with Crippen LogP contribution < -0.4 is 4.74 Å². The Morgan fingerprint density at radius 2 is 1.81 bits per heavy atom. The van der Waals surface area contributed by atoms with Gasteiger partial charge in [-0.25, -0.2) is 4.39 Å². The SMILES string of the molecule is CCC(CC)(CN1CCC(=C2c3ccc(F)cc3COc3ccccc32)CC1)C(=O)O. The third-order valence-electron chi connectivity index (χ3n) is 7.02. The topological polar surface area (TPSA) is 49.8 Å². The average molecular weight is 424 g/mol. The molecule has 0 amide bonds. The van der Waals surface area contributed by atoms with Crippen molar-refractivity contribution in [2.75, 3.05) is 19.6 Å². The summed E-state index contributed by atoms with van der Waals surface area (Å²) >= 11 is 0. The second-order valence-corrected chi connectivity index (χ2v) is 8.63. The van der Waals surface area contributed by atoms with Crippen LogP contribution >= 0.6 is 0 Å². The number of carboxylic acids is 1. The molecule has 0 spiro atoms. The molecule has 0 aromatic heterocycles. The van der Waals surface area contributed by atoms with Crippen molar-refractivity contribution in [2.45, 2.75) is 46.1 Å². The number of carboxylic acid groups (broad SMARTS) is 1. The number of benzene rings is 2. The lowest BCUT2D eigenvalue weighted by Gasteiger charge is -2.37. The van der Waals surface area contributed by atoms with Gasteiger partial charge < -0.3 is 14.7 Å². The maximum Gasteiger partial charge on any atom is 0.310 e. The molecular weight excluding hydrogens is 393 g/mol. The Bertz CT molecular complexity index is 999. The second-order valence-electron chi connectivity index (χ2n) is 8.63. The second kappa shape index (κ2) is 8.83. The van der Waals surface area contributed by atoms with Crippen LogP contribution in [0.2, 0.25) is 0 Å². The van der Waals surface area contributed by atoms with Crippen molar-refractivity contribution in [2.24, 2.45) is 5.41 Å². The van der Waals surface area contributed by atoms with Crippen LogP contribution in [0.15, 0.2) is 48.0 Å². The fraction of sp³-hybridized carbons (Fsp3) is 0.423. The zero-order chi connectivity index (χ0) is 22.0. The van der Waals surface area contributed by atoms with Gasteiger partial charge >= 0.3 is 5.97 Å². The fourth-order valence-electron chi connectivity index (χ4n) is 4.91. The summed E-state index contributed by atoms with van der Waals surface area (Å²) in [5.41, 5.74) is 4.75. The molecule has 5 heteroatoms. The van der Waals surface area contributed by atoms with Gasteiger partial charge in [-0.1, -0.05) is 43.7 Å². The van der Waals surface area contributed by atoms with E-state index in [0.717, 1.165) is 53.9 Å². The largest absolute Gasteiger partial charge is 0.488 e. The number of rotatable bonds is 5. The van der Waals surface area contributed by atoms with Crippen LogP contribution in [0, 0.1) is 11.2 Å². The van der Waals surface area contributed by atoms with Gasteiger partial charge in [-0.2, -0.15) is 0 Å². The van der Waals surface area contributed by atoms with Crippen molar-refractivity contribution in [3.05, 3.63) is 70.5 Å². The number of fused-ring (bicyclic) bond motifs is 2. The van der Waals surface area contributed by atoms with Crippen LogP contribution in [0.4, 0.5) is 4.39 Å². The Morgan fingerprint density at radius 3 is 2.48 bits per heavy atom. The minimum absolute atomic E-state index is 0.253. The number of piperidine rings is 1. The highest BCUT2D eigenvalue weighted by molar-refractivity contribution is 5.87. The monoisotopic (exact) mass is 423 g/mol. The molecule has 0 aliphatic carbocycles. The number of para-hydroxylation sites is 1. The number of likely N-dealkylation sites (tertiary alicyclic amines) is 1. The Labute approximate surface area is 183 Å². The van der Waals surface area contributed by atoms with Crippen LogP contribution in [0.3, 0.4) is 0 Å². The molecule has 31 heavy (non-hydrogen) atoms. The average Bonchev–Trinajstić information content (AvgIpc) is 2.94. The Hall–Kier alpha value is -2.66. The van der Waals surface area contributed by atoms with Crippen molar-refractivity contribution >= 4 is 11.5 Å². The molecule has 2 aromatic carbocycles. The van der Waals surface area contributed by atoms with E-state index in [4.69, 9.17) is 4.74 Å². The highest BCUT2D eigenvalue weighted by Crippen LogP contribution is 2.41. The molecule has 1 N–H and O–H groups in total. The Balaban J connectivity index is 1.67. The number of halogens is 1. The van der Waals surface area contributed by atoms with Crippen LogP contribution in [0.5, 0.6) is 5.75 Å². The smallest absolute Gasteiger partial charge is 0.310 e. The number of carbonyl (C=O) groups is 1. The lowest BCUT2D eigenvalue weighted by molar-refractivity contribution is -0.150. The van der Waals surface area contributed by atoms with E-state index >= 15 is 0 Å². The maximum atomic E-state index is 13.9. The molecule has 2 heterocycles. The van der Waals surface area contributed by atoms with Crippen molar-refractivity contribution in [3.8, 4) is 5.75 Å². The molecule has 0 atom stereocenters. The quantitative estimate of drug-likeness (QED) is 0.689. The summed E-state index contributed by atoms with van der Waals surface area (Å²) in [7, 11) is 0. The summed E-state index contributed by atoms with van der Waals surface area (Å²) in [5.74, 6) is -0.130. The zero-order valence-electron chi connectivity index (χ0n) is 18.3. The van der Waals surface area contributed by atoms with E-state index in [2.05, 4.69) is 11.0 Å². The third-order valence-corrected chi connectivity index (χ3v) is 7.02. The van der Waals surface area contributed by atoms with Crippen LogP contribution in [0.1, 0.15) is 56.2 Å². The predicted octanol–water partition coefficient (Wildman–Crippen LogP) is 5.51. The van der Waals surface area contributed by atoms with Crippen molar-refractivity contribution in [1.82, 2.24) is 4.90 Å². The molecule has 2 aliphatic heterocycles. The van der Waals surface area contributed by atoms with Gasteiger partial charge in [0.15, 0.2) is 0 Å². The van der Waals surface area contributed by atoms with Crippen molar-refractivity contribution in [3.63, 3.8) is 0 Å².